The highest BCUT2D eigenvalue weighted by molar-refractivity contribution is 5.92. The summed E-state index contributed by atoms with van der Waals surface area (Å²) in [7, 11) is 1.69. The maximum absolute atomic E-state index is 13.8. The van der Waals surface area contributed by atoms with Crippen molar-refractivity contribution in [2.45, 2.75) is 64.0 Å². The van der Waals surface area contributed by atoms with E-state index < -0.39 is 12.0 Å². The summed E-state index contributed by atoms with van der Waals surface area (Å²) in [6, 6.07) is 6.93. The van der Waals surface area contributed by atoms with Crippen LogP contribution in [0.4, 0.5) is 8.78 Å². The van der Waals surface area contributed by atoms with Gasteiger partial charge in [-0.1, -0.05) is 19.9 Å². The average molecular weight is 459 g/mol. The third kappa shape index (κ3) is 5.24. The van der Waals surface area contributed by atoms with Gasteiger partial charge in [0.25, 0.3) is 5.91 Å². The molecule has 0 radical (unpaired) electrons. The Kier molecular flexibility index (Phi) is 6.52. The van der Waals surface area contributed by atoms with Crippen LogP contribution >= 0.6 is 0 Å². The summed E-state index contributed by atoms with van der Waals surface area (Å²) in [5.41, 5.74) is 9.34. The molecule has 2 aromatic heterocycles. The summed E-state index contributed by atoms with van der Waals surface area (Å²) in [6.45, 7) is 4.27. The Bertz CT molecular complexity index is 1110. The lowest BCUT2D eigenvalue weighted by molar-refractivity contribution is -0.0496. The Morgan fingerprint density at radius 1 is 1.30 bits per heavy atom. The minimum Gasteiger partial charge on any atom is -0.340 e. The number of imidazole rings is 1. The van der Waals surface area contributed by atoms with Crippen LogP contribution in [0, 0.1) is 11.8 Å². The van der Waals surface area contributed by atoms with Crippen molar-refractivity contribution in [3.63, 3.8) is 0 Å². The molecule has 33 heavy (non-hydrogen) atoms. The number of hydrogen-bond acceptors (Lipinski definition) is 4. The first-order chi connectivity index (χ1) is 15.6. The molecule has 7 nitrogen and oxygen atoms in total. The quantitative estimate of drug-likeness (QED) is 0.480. The maximum Gasteiger partial charge on any atom is 0.270 e. The average Bonchev–Trinajstić information content (AvgIpc) is 3.37. The zero-order chi connectivity index (χ0) is 23.8. The van der Waals surface area contributed by atoms with Crippen molar-refractivity contribution >= 4 is 16.9 Å². The summed E-state index contributed by atoms with van der Waals surface area (Å²) in [6.07, 6.45) is 2.65. The van der Waals surface area contributed by atoms with Gasteiger partial charge in [0.15, 0.2) is 0 Å². The van der Waals surface area contributed by atoms with E-state index in [1.165, 1.54) is 4.68 Å². The number of aromatic amines is 1. The zero-order valence-corrected chi connectivity index (χ0v) is 19.3. The minimum absolute atomic E-state index is 0.0875. The summed E-state index contributed by atoms with van der Waals surface area (Å²) >= 11 is 0. The van der Waals surface area contributed by atoms with E-state index in [9.17, 15) is 13.6 Å². The molecular weight excluding hydrogens is 426 g/mol. The number of carbonyl (C=O) groups excluding carboxylic acids is 1. The lowest BCUT2D eigenvalue weighted by atomic mass is 9.81. The number of alkyl halides is 2. The van der Waals surface area contributed by atoms with Crippen LogP contribution in [-0.4, -0.2) is 31.6 Å². The molecule has 2 unspecified atom stereocenters. The van der Waals surface area contributed by atoms with E-state index in [4.69, 9.17) is 10.7 Å². The van der Waals surface area contributed by atoms with Gasteiger partial charge in [-0.25, -0.2) is 13.8 Å². The fraction of sp³-hybridized carbons (Fsp3) is 0.542. The Balaban J connectivity index is 1.64. The maximum atomic E-state index is 13.8. The molecular formula is C24H32F2N6O. The lowest BCUT2D eigenvalue weighted by Crippen LogP contribution is -2.38. The van der Waals surface area contributed by atoms with Crippen LogP contribution in [0.3, 0.4) is 0 Å². The Labute approximate surface area is 192 Å². The number of H-pyrrole nitrogens is 1. The molecule has 1 aromatic carbocycles. The van der Waals surface area contributed by atoms with Crippen LogP contribution in [-0.2, 0) is 7.05 Å². The second-order valence-corrected chi connectivity index (χ2v) is 9.62. The molecule has 0 spiro atoms. The molecule has 9 heteroatoms. The van der Waals surface area contributed by atoms with Crippen molar-refractivity contribution in [2.75, 3.05) is 0 Å². The van der Waals surface area contributed by atoms with E-state index in [1.807, 2.05) is 18.2 Å². The van der Waals surface area contributed by atoms with Gasteiger partial charge in [0.1, 0.15) is 11.5 Å². The van der Waals surface area contributed by atoms with Gasteiger partial charge in [-0.05, 0) is 54.9 Å². The fourth-order valence-electron chi connectivity index (χ4n) is 4.68. The van der Waals surface area contributed by atoms with Crippen molar-refractivity contribution in [3.05, 3.63) is 47.5 Å². The number of fused-ring (bicyclic) bond motifs is 1. The molecule has 1 fully saturated rings. The summed E-state index contributed by atoms with van der Waals surface area (Å²) in [5.74, 6) is -2.06. The smallest absolute Gasteiger partial charge is 0.270 e. The highest BCUT2D eigenvalue weighted by Gasteiger charge is 2.39. The van der Waals surface area contributed by atoms with Crippen LogP contribution in [0.15, 0.2) is 30.5 Å². The molecule has 1 saturated carbocycles. The molecule has 2 heterocycles. The van der Waals surface area contributed by atoms with Crippen LogP contribution < -0.4 is 11.1 Å². The van der Waals surface area contributed by atoms with E-state index in [2.05, 4.69) is 29.2 Å². The highest BCUT2D eigenvalue weighted by atomic mass is 19.3. The summed E-state index contributed by atoms with van der Waals surface area (Å²) < 4.78 is 29.1. The third-order valence-corrected chi connectivity index (χ3v) is 6.55. The number of rotatable bonds is 7. The first kappa shape index (κ1) is 23.4. The standard InChI is InChI=1S/C24H32F2N6O/c1-14(2)12-17(27)16-4-5-18-19(13-16)30-22(29-18)21(15-6-9-24(25,26)10-7-15)31-23(33)20-8-11-28-32(20)3/h4-5,8,11,13-15,17,21H,6-7,9-10,12,27H2,1-3H3,(H,29,30)(H,31,33). The minimum atomic E-state index is -2.65. The number of aromatic nitrogens is 4. The van der Waals surface area contributed by atoms with Gasteiger partial charge < -0.3 is 16.0 Å². The molecule has 1 aliphatic carbocycles. The molecule has 0 saturated heterocycles. The molecule has 178 valence electrons. The Morgan fingerprint density at radius 2 is 2.03 bits per heavy atom. The second kappa shape index (κ2) is 9.21. The second-order valence-electron chi connectivity index (χ2n) is 9.62. The number of hydrogen-bond donors (Lipinski definition) is 3. The predicted octanol–water partition coefficient (Wildman–Crippen LogP) is 4.64. The van der Waals surface area contributed by atoms with Gasteiger partial charge in [0.2, 0.25) is 5.92 Å². The van der Waals surface area contributed by atoms with Gasteiger partial charge in [-0.3, -0.25) is 9.48 Å². The van der Waals surface area contributed by atoms with Crippen molar-refractivity contribution in [2.24, 2.45) is 24.6 Å². The normalized spacial score (nSPS) is 18.5. The SMILES string of the molecule is CC(C)CC(N)c1ccc2[nH]c(C(NC(=O)c3ccnn3C)C3CCC(F)(F)CC3)nc2c1. The summed E-state index contributed by atoms with van der Waals surface area (Å²) in [5, 5.41) is 7.09. The predicted molar refractivity (Wildman–Crippen MR) is 123 cm³/mol. The molecule has 1 aliphatic rings. The zero-order valence-electron chi connectivity index (χ0n) is 19.3. The highest BCUT2D eigenvalue weighted by Crippen LogP contribution is 2.41. The number of nitrogens with zero attached hydrogens (tertiary/aromatic N) is 3. The number of amides is 1. The van der Waals surface area contributed by atoms with E-state index in [-0.39, 0.29) is 30.7 Å². The number of halogens is 2. The van der Waals surface area contributed by atoms with E-state index in [1.54, 1.807) is 19.3 Å². The Hall–Kier alpha value is -2.81. The first-order valence-electron chi connectivity index (χ1n) is 11.5. The summed E-state index contributed by atoms with van der Waals surface area (Å²) in [4.78, 5) is 21.0. The first-order valence-corrected chi connectivity index (χ1v) is 11.5. The number of benzene rings is 1. The van der Waals surface area contributed by atoms with Crippen LogP contribution in [0.25, 0.3) is 11.0 Å². The monoisotopic (exact) mass is 458 g/mol. The van der Waals surface area contributed by atoms with E-state index in [0.717, 1.165) is 23.0 Å². The van der Waals surface area contributed by atoms with Crippen molar-refractivity contribution in [3.8, 4) is 0 Å². The van der Waals surface area contributed by atoms with Gasteiger partial charge in [0, 0.05) is 32.1 Å². The van der Waals surface area contributed by atoms with Gasteiger partial charge in [-0.15, -0.1) is 0 Å². The number of aryl methyl sites for hydroxylation is 1. The van der Waals surface area contributed by atoms with Gasteiger partial charge >= 0.3 is 0 Å². The van der Waals surface area contributed by atoms with Crippen LogP contribution in [0.1, 0.15) is 79.9 Å². The Morgan fingerprint density at radius 3 is 2.67 bits per heavy atom. The topological polar surface area (TPSA) is 102 Å². The van der Waals surface area contributed by atoms with Crippen LogP contribution in [0.2, 0.25) is 0 Å². The van der Waals surface area contributed by atoms with E-state index >= 15 is 0 Å². The molecule has 1 amide bonds. The van der Waals surface area contributed by atoms with E-state index in [0.29, 0.717) is 30.3 Å². The molecule has 2 atom stereocenters. The number of nitrogens with two attached hydrogens (primary N) is 1. The molecule has 0 aliphatic heterocycles. The lowest BCUT2D eigenvalue weighted by Gasteiger charge is -2.33. The molecule has 4 N–H and O–H groups in total. The largest absolute Gasteiger partial charge is 0.340 e. The molecule has 0 bridgehead atoms. The fourth-order valence-corrected chi connectivity index (χ4v) is 4.68. The third-order valence-electron chi connectivity index (χ3n) is 6.55. The molecule has 4 rings (SSSR count). The van der Waals surface area contributed by atoms with Gasteiger partial charge in [-0.2, -0.15) is 5.10 Å². The number of carbonyl (C=O) groups is 1. The van der Waals surface area contributed by atoms with Crippen molar-refractivity contribution in [1.29, 1.82) is 0 Å². The van der Waals surface area contributed by atoms with Crippen LogP contribution in [0.5, 0.6) is 0 Å². The van der Waals surface area contributed by atoms with Crippen molar-refractivity contribution in [1.82, 2.24) is 25.1 Å². The molecule has 3 aromatic rings. The number of nitrogens with one attached hydrogen (secondary N) is 2. The van der Waals surface area contributed by atoms with Gasteiger partial charge in [0.05, 0.1) is 17.1 Å². The van der Waals surface area contributed by atoms with Crippen molar-refractivity contribution < 1.29 is 13.6 Å².